The number of nitrogens with zero attached hydrogens (tertiary/aromatic N) is 7. The van der Waals surface area contributed by atoms with Gasteiger partial charge in [0, 0.05) is 75.5 Å². The third-order valence-corrected chi connectivity index (χ3v) is 15.3. The molecule has 0 radical (unpaired) electrons. The SMILES string of the molecule is Cc1cc(S(=O)(=O)NC2CCC(CN3CCN(c4ccc5c(c4)n(C4CC4)c(=O)n5C4CCCNC4O)CC3)CC2)ccc1Nc1ncc(C(F)(F)F)c(N2CCC[C@](C)(O)C2)n1. The summed E-state index contributed by atoms with van der Waals surface area (Å²) < 4.78 is 75.7. The summed E-state index contributed by atoms with van der Waals surface area (Å²) in [6.07, 6.45) is 3.25. The molecular formula is C44H59F3N10O5S. The minimum Gasteiger partial charge on any atom is -0.388 e. The number of aliphatic hydroxyl groups excluding tert-OH is 1. The average molecular weight is 897 g/mol. The number of sulfonamides is 1. The molecule has 4 aromatic rings. The van der Waals surface area contributed by atoms with Crippen LogP contribution in [0.3, 0.4) is 0 Å². The number of hydrogen-bond donors (Lipinski definition) is 5. The smallest absolute Gasteiger partial charge is 0.388 e. The summed E-state index contributed by atoms with van der Waals surface area (Å²) in [5, 5.41) is 27.4. The Bertz CT molecular complexity index is 2480. The fourth-order valence-corrected chi connectivity index (χ4v) is 11.6. The van der Waals surface area contributed by atoms with Gasteiger partial charge in [0.15, 0.2) is 0 Å². The van der Waals surface area contributed by atoms with Crippen molar-refractivity contribution in [2.75, 3.05) is 67.5 Å². The lowest BCUT2D eigenvalue weighted by molar-refractivity contribution is -0.137. The number of aromatic nitrogens is 4. The highest BCUT2D eigenvalue weighted by Gasteiger charge is 2.40. The van der Waals surface area contributed by atoms with E-state index in [1.807, 2.05) is 9.13 Å². The third-order valence-electron chi connectivity index (χ3n) is 13.8. The zero-order chi connectivity index (χ0) is 44.3. The lowest BCUT2D eigenvalue weighted by atomic mass is 9.86. The number of rotatable bonds is 11. The van der Waals surface area contributed by atoms with Crippen LogP contribution in [0.5, 0.6) is 0 Å². The monoisotopic (exact) mass is 896 g/mol. The molecule has 0 bridgehead atoms. The van der Waals surface area contributed by atoms with Gasteiger partial charge in [0.05, 0.1) is 27.6 Å². The van der Waals surface area contributed by atoms with Crippen LogP contribution in [0.2, 0.25) is 0 Å². The van der Waals surface area contributed by atoms with E-state index in [4.69, 9.17) is 0 Å². The van der Waals surface area contributed by atoms with Crippen molar-refractivity contribution < 1.29 is 31.8 Å². The molecule has 19 heteroatoms. The minimum atomic E-state index is -4.69. The number of anilines is 4. The lowest BCUT2D eigenvalue weighted by Gasteiger charge is -2.39. The Hall–Kier alpha value is -4.27. The van der Waals surface area contributed by atoms with Gasteiger partial charge in [-0.3, -0.25) is 19.4 Å². The van der Waals surface area contributed by atoms with Crippen LogP contribution in [0.15, 0.2) is 52.3 Å². The number of alkyl halides is 3. The lowest BCUT2D eigenvalue weighted by Crippen LogP contribution is -2.48. The first-order valence-electron chi connectivity index (χ1n) is 22.5. The summed E-state index contributed by atoms with van der Waals surface area (Å²) in [5.74, 6) is 0.0844. The number of hydrogen-bond acceptors (Lipinski definition) is 12. The second-order valence-electron chi connectivity index (χ2n) is 18.7. The topological polar surface area (TPSA) is 173 Å². The van der Waals surface area contributed by atoms with Gasteiger partial charge in [-0.1, -0.05) is 0 Å². The number of β-amino-alcohol motifs (C(OH)–C–C–N with tert-alkyl or cyclic N) is 1. The van der Waals surface area contributed by atoms with E-state index in [0.29, 0.717) is 36.6 Å². The maximum absolute atomic E-state index is 14.0. The van der Waals surface area contributed by atoms with E-state index in [2.05, 4.69) is 53.3 Å². The van der Waals surface area contributed by atoms with Crippen molar-refractivity contribution in [1.29, 1.82) is 0 Å². The van der Waals surface area contributed by atoms with Crippen molar-refractivity contribution in [3.8, 4) is 0 Å². The maximum Gasteiger partial charge on any atom is 0.421 e. The summed E-state index contributed by atoms with van der Waals surface area (Å²) in [5.41, 5.74) is 1.78. The Kier molecular flexibility index (Phi) is 12.0. The van der Waals surface area contributed by atoms with E-state index < -0.39 is 33.6 Å². The van der Waals surface area contributed by atoms with Gasteiger partial charge in [-0.05, 0) is 132 Å². The number of piperazine rings is 1. The van der Waals surface area contributed by atoms with Crippen LogP contribution in [-0.4, -0.2) is 113 Å². The number of aliphatic hydroxyl groups is 2. The standard InChI is InChI=1S/C44H59F3N10O5S/c1-28-23-33(13-14-35(28)50-41-49-25-34(44(45,46)47)39(51-41)55-18-4-16-43(2,60)27-55)63(61,62)52-30-8-6-29(7-9-30)26-53-19-21-54(22-20-53)32-12-15-36-38(24-32)56(31-10-11-31)42(59)57(36)37-5-3-17-48-40(37)58/h12-15,23-25,29-31,37,40,48,52,58,60H,3-11,16-22,26-27H2,1-2H3,(H,49,50,51)/t29?,30?,37?,40?,43-/m0/s1. The normalized spacial score (nSPS) is 26.7. The van der Waals surface area contributed by atoms with Gasteiger partial charge in [0.1, 0.15) is 17.6 Å². The molecule has 5 fully saturated rings. The summed E-state index contributed by atoms with van der Waals surface area (Å²) in [6, 6.07) is 10.6. The van der Waals surface area contributed by atoms with Gasteiger partial charge in [-0.25, -0.2) is 22.9 Å². The number of halogens is 3. The first-order valence-corrected chi connectivity index (χ1v) is 24.0. The van der Waals surface area contributed by atoms with E-state index in [1.54, 1.807) is 19.9 Å². The largest absolute Gasteiger partial charge is 0.421 e. The molecule has 2 aromatic heterocycles. The molecule has 2 aromatic carbocycles. The minimum absolute atomic E-state index is 0.000916. The van der Waals surface area contributed by atoms with Crippen molar-refractivity contribution in [3.63, 3.8) is 0 Å². The van der Waals surface area contributed by atoms with E-state index in [-0.39, 0.29) is 47.0 Å². The number of aryl methyl sites for hydroxylation is 1. The average Bonchev–Trinajstić information content (AvgIpc) is 4.04. The molecule has 5 heterocycles. The molecule has 0 spiro atoms. The van der Waals surface area contributed by atoms with E-state index in [9.17, 15) is 36.6 Å². The Morgan fingerprint density at radius 3 is 2.37 bits per heavy atom. The number of imidazole rings is 1. The zero-order valence-electron chi connectivity index (χ0n) is 35.9. The highest BCUT2D eigenvalue weighted by atomic mass is 32.2. The molecule has 0 amide bonds. The summed E-state index contributed by atoms with van der Waals surface area (Å²) in [6.45, 7) is 8.90. The van der Waals surface area contributed by atoms with Crippen molar-refractivity contribution in [2.24, 2.45) is 5.92 Å². The van der Waals surface area contributed by atoms with Crippen LogP contribution in [0.4, 0.5) is 36.3 Å². The molecule has 3 saturated heterocycles. The molecule has 9 rings (SSSR count). The number of benzene rings is 2. The molecule has 342 valence electrons. The number of nitrogens with one attached hydrogen (secondary N) is 3. The van der Waals surface area contributed by atoms with Crippen LogP contribution in [0, 0.1) is 12.8 Å². The quantitative estimate of drug-likeness (QED) is 0.133. The summed E-state index contributed by atoms with van der Waals surface area (Å²) >= 11 is 0. The van der Waals surface area contributed by atoms with Crippen LogP contribution in [0.1, 0.15) is 94.3 Å². The molecule has 63 heavy (non-hydrogen) atoms. The van der Waals surface area contributed by atoms with Crippen LogP contribution in [-0.2, 0) is 16.2 Å². The predicted molar refractivity (Wildman–Crippen MR) is 235 cm³/mol. The molecule has 3 aliphatic heterocycles. The van der Waals surface area contributed by atoms with Gasteiger partial charge in [0.2, 0.25) is 16.0 Å². The zero-order valence-corrected chi connectivity index (χ0v) is 36.8. The van der Waals surface area contributed by atoms with E-state index in [0.717, 1.165) is 114 Å². The Balaban J connectivity index is 0.774. The maximum atomic E-state index is 14.0. The molecule has 2 aliphatic carbocycles. The summed E-state index contributed by atoms with van der Waals surface area (Å²) in [7, 11) is -3.85. The first kappa shape index (κ1) is 44.0. The highest BCUT2D eigenvalue weighted by Crippen LogP contribution is 2.40. The Morgan fingerprint density at radius 1 is 0.921 bits per heavy atom. The van der Waals surface area contributed by atoms with Crippen LogP contribution in [0.25, 0.3) is 11.0 Å². The van der Waals surface area contributed by atoms with Crippen LogP contribution >= 0.6 is 0 Å². The van der Waals surface area contributed by atoms with Crippen LogP contribution < -0.4 is 30.8 Å². The third kappa shape index (κ3) is 9.45. The van der Waals surface area contributed by atoms with Crippen molar-refractivity contribution in [2.45, 2.75) is 119 Å². The van der Waals surface area contributed by atoms with E-state index >= 15 is 0 Å². The second kappa shape index (κ2) is 17.3. The summed E-state index contributed by atoms with van der Waals surface area (Å²) in [4.78, 5) is 28.3. The second-order valence-corrected chi connectivity index (χ2v) is 20.4. The molecule has 2 saturated carbocycles. The van der Waals surface area contributed by atoms with Gasteiger partial charge in [-0.2, -0.15) is 18.2 Å². The molecular weight excluding hydrogens is 838 g/mol. The number of piperidine rings is 2. The fraction of sp³-hybridized carbons (Fsp3) is 0.614. The van der Waals surface area contributed by atoms with Gasteiger partial charge >= 0.3 is 11.9 Å². The van der Waals surface area contributed by atoms with Crippen molar-refractivity contribution >= 4 is 44.2 Å². The van der Waals surface area contributed by atoms with Gasteiger partial charge in [0.25, 0.3) is 0 Å². The van der Waals surface area contributed by atoms with Crippen molar-refractivity contribution in [1.82, 2.24) is 34.0 Å². The molecule has 5 aliphatic rings. The van der Waals surface area contributed by atoms with Gasteiger partial charge in [-0.15, -0.1) is 0 Å². The highest BCUT2D eigenvalue weighted by molar-refractivity contribution is 7.89. The fourth-order valence-electron chi connectivity index (χ4n) is 10.2. The predicted octanol–water partition coefficient (Wildman–Crippen LogP) is 5.25. The molecule has 5 N–H and O–H groups in total. The van der Waals surface area contributed by atoms with E-state index in [1.165, 1.54) is 17.0 Å². The molecule has 2 unspecified atom stereocenters. The van der Waals surface area contributed by atoms with Crippen molar-refractivity contribution in [3.05, 3.63) is 64.2 Å². The molecule has 15 nitrogen and oxygen atoms in total. The molecule has 3 atom stereocenters. The number of fused-ring (bicyclic) bond motifs is 1. The Morgan fingerprint density at radius 2 is 1.68 bits per heavy atom. The first-order chi connectivity index (χ1) is 30.0. The Labute approximate surface area is 365 Å². The van der Waals surface area contributed by atoms with Gasteiger partial charge < -0.3 is 25.3 Å².